The van der Waals surface area contributed by atoms with Gasteiger partial charge in [-0.05, 0) is 55.0 Å². The number of rotatable bonds is 9. The average Bonchev–Trinajstić information content (AvgIpc) is 3.49. The number of carbonyl (C=O) groups excluding carboxylic acids is 3. The van der Waals surface area contributed by atoms with E-state index in [1.807, 2.05) is 0 Å². The van der Waals surface area contributed by atoms with Gasteiger partial charge in [-0.15, -0.1) is 0 Å². The Morgan fingerprint density at radius 2 is 1.74 bits per heavy atom. The molecule has 0 saturated heterocycles. The van der Waals surface area contributed by atoms with E-state index < -0.39 is 59.0 Å². The number of hydrogen-bond acceptors (Lipinski definition) is 5. The van der Waals surface area contributed by atoms with Crippen molar-refractivity contribution in [3.63, 3.8) is 0 Å². The summed E-state index contributed by atoms with van der Waals surface area (Å²) in [5.41, 5.74) is -1.36. The first-order valence-electron chi connectivity index (χ1n) is 12.6. The fourth-order valence-electron chi connectivity index (χ4n) is 4.42. The van der Waals surface area contributed by atoms with Gasteiger partial charge in [-0.1, -0.05) is 18.5 Å². The smallest absolute Gasteiger partial charge is 0.344 e. The predicted octanol–water partition coefficient (Wildman–Crippen LogP) is 5.49. The molecule has 0 saturated carbocycles. The Labute approximate surface area is 246 Å². The maximum atomic E-state index is 14.2. The average molecular weight is 623 g/mol. The highest BCUT2D eigenvalue weighted by Crippen LogP contribution is 2.36. The first-order valence-corrected chi connectivity index (χ1v) is 13.0. The van der Waals surface area contributed by atoms with E-state index in [9.17, 15) is 36.3 Å². The molecule has 0 radical (unpaired) electrons. The summed E-state index contributed by atoms with van der Waals surface area (Å²) < 4.78 is 70.9. The highest BCUT2D eigenvalue weighted by Gasteiger charge is 2.33. The maximum Gasteiger partial charge on any atom is 0.416 e. The van der Waals surface area contributed by atoms with Crippen molar-refractivity contribution >= 4 is 35.0 Å². The van der Waals surface area contributed by atoms with Crippen molar-refractivity contribution in [1.29, 1.82) is 0 Å². The molecule has 0 aliphatic rings. The van der Waals surface area contributed by atoms with Gasteiger partial charge in [0.05, 0.1) is 30.0 Å². The van der Waals surface area contributed by atoms with Crippen LogP contribution in [0, 0.1) is 11.6 Å². The molecule has 0 spiro atoms. The minimum Gasteiger partial charge on any atom is -0.344 e. The number of alkyl halides is 3. The fourth-order valence-corrected chi connectivity index (χ4v) is 4.70. The Morgan fingerprint density at radius 1 is 1.02 bits per heavy atom. The summed E-state index contributed by atoms with van der Waals surface area (Å²) in [6.45, 7) is 2.34. The number of hydrogen-bond donors (Lipinski definition) is 2. The van der Waals surface area contributed by atoms with Crippen LogP contribution in [0.1, 0.15) is 63.3 Å². The summed E-state index contributed by atoms with van der Waals surface area (Å²) in [5.74, 6) is -5.94. The van der Waals surface area contributed by atoms with E-state index in [-0.39, 0.29) is 40.5 Å². The summed E-state index contributed by atoms with van der Waals surface area (Å²) in [6.07, 6.45) is -3.28. The Kier molecular flexibility index (Phi) is 8.99. The van der Waals surface area contributed by atoms with Crippen LogP contribution in [-0.2, 0) is 31.1 Å². The molecule has 0 bridgehead atoms. The normalized spacial score (nSPS) is 12.2. The molecule has 2 amide bonds. The van der Waals surface area contributed by atoms with Crippen LogP contribution >= 0.6 is 11.6 Å². The lowest BCUT2D eigenvalue weighted by atomic mass is 9.96. The van der Waals surface area contributed by atoms with E-state index >= 15 is 0 Å². The van der Waals surface area contributed by atoms with E-state index in [0.717, 1.165) is 12.1 Å². The van der Waals surface area contributed by atoms with Crippen molar-refractivity contribution in [3.05, 3.63) is 99.2 Å². The molecule has 15 heteroatoms. The van der Waals surface area contributed by atoms with Gasteiger partial charge in [0.2, 0.25) is 5.82 Å². The molecule has 226 valence electrons. The van der Waals surface area contributed by atoms with Crippen LogP contribution in [0.4, 0.5) is 27.8 Å². The van der Waals surface area contributed by atoms with Crippen LogP contribution in [0.3, 0.4) is 0 Å². The molecule has 4 rings (SSSR count). The van der Waals surface area contributed by atoms with Crippen LogP contribution < -0.4 is 10.6 Å². The molecule has 2 heterocycles. The maximum absolute atomic E-state index is 14.2. The second-order valence-corrected chi connectivity index (χ2v) is 10.1. The van der Waals surface area contributed by atoms with Crippen LogP contribution in [0.2, 0.25) is 5.02 Å². The van der Waals surface area contributed by atoms with Crippen molar-refractivity contribution in [2.45, 2.75) is 39.0 Å². The first kappa shape index (κ1) is 31.3. The molecule has 2 aromatic carbocycles. The van der Waals surface area contributed by atoms with Crippen molar-refractivity contribution < 1.29 is 36.3 Å². The number of halogens is 6. The van der Waals surface area contributed by atoms with Crippen molar-refractivity contribution in [2.24, 2.45) is 7.05 Å². The summed E-state index contributed by atoms with van der Waals surface area (Å²) in [7, 11) is 1.68. The number of imidazole rings is 1. The summed E-state index contributed by atoms with van der Waals surface area (Å²) >= 11 is 6.33. The van der Waals surface area contributed by atoms with E-state index in [1.54, 1.807) is 26.2 Å². The van der Waals surface area contributed by atoms with E-state index in [1.165, 1.54) is 22.2 Å². The van der Waals surface area contributed by atoms with Crippen LogP contribution in [-0.4, -0.2) is 36.9 Å². The minimum atomic E-state index is -4.94. The number of benzene rings is 2. The molecule has 43 heavy (non-hydrogen) atoms. The molecular weight excluding hydrogens is 599 g/mol. The molecule has 0 fully saturated rings. The second-order valence-electron chi connectivity index (χ2n) is 9.69. The monoisotopic (exact) mass is 622 g/mol. The molecule has 0 aliphatic heterocycles. The number of nitrogens with one attached hydrogen (secondary N) is 2. The molecule has 4 aromatic rings. The molecule has 9 nitrogen and oxygen atoms in total. The quantitative estimate of drug-likeness (QED) is 0.240. The number of amides is 2. The van der Waals surface area contributed by atoms with Crippen LogP contribution in [0.15, 0.2) is 48.7 Å². The van der Waals surface area contributed by atoms with Crippen molar-refractivity contribution in [2.75, 3.05) is 5.32 Å². The second kappa shape index (κ2) is 12.3. The highest BCUT2D eigenvalue weighted by atomic mass is 35.5. The van der Waals surface area contributed by atoms with Gasteiger partial charge >= 0.3 is 6.18 Å². The number of aromatic nitrogens is 4. The lowest BCUT2D eigenvalue weighted by Gasteiger charge is -2.19. The Morgan fingerprint density at radius 3 is 2.37 bits per heavy atom. The summed E-state index contributed by atoms with van der Waals surface area (Å²) in [4.78, 5) is 43.0. The van der Waals surface area contributed by atoms with Gasteiger partial charge in [-0.2, -0.15) is 18.3 Å². The SMILES string of the molecule is CC(=O)Cn1c(C(=O)NCc2ccn(C)n2)nc(NC(=O)c2cc(F)cc(C(F)(F)F)c2)c1[C@@H](C)c1cc(F)ccc1Cl. The molecule has 1 atom stereocenters. The van der Waals surface area contributed by atoms with Gasteiger partial charge in [0.25, 0.3) is 11.8 Å². The van der Waals surface area contributed by atoms with E-state index in [2.05, 4.69) is 20.7 Å². The topological polar surface area (TPSA) is 111 Å². The van der Waals surface area contributed by atoms with Gasteiger partial charge in [-0.25, -0.2) is 13.8 Å². The minimum absolute atomic E-state index is 0.0199. The zero-order chi connectivity index (χ0) is 31.6. The lowest BCUT2D eigenvalue weighted by molar-refractivity contribution is -0.137. The van der Waals surface area contributed by atoms with Gasteiger partial charge < -0.3 is 15.2 Å². The largest absolute Gasteiger partial charge is 0.416 e. The standard InChI is InChI=1S/C28H24ClF5N6O3/c1-14(41)13-40-23(15(2)21-11-18(30)4-5-22(21)29)24(36-25(40)27(43)35-12-20-6-7-39(3)38-20)37-26(42)16-8-17(28(32,33)34)10-19(31)9-16/h4-11,15H,12-13H2,1-3H3,(H,35,43)(H,37,42)/t15-/m0/s1. The van der Waals surface area contributed by atoms with Crippen molar-refractivity contribution in [1.82, 2.24) is 24.6 Å². The van der Waals surface area contributed by atoms with Gasteiger partial charge in [-0.3, -0.25) is 19.1 Å². The summed E-state index contributed by atoms with van der Waals surface area (Å²) in [5, 5.41) is 9.23. The van der Waals surface area contributed by atoms with Gasteiger partial charge in [0, 0.05) is 29.7 Å². The van der Waals surface area contributed by atoms with E-state index in [4.69, 9.17) is 11.6 Å². The number of Topliss-reactive ketones (excluding diaryl/α,β-unsaturated/α-hetero) is 1. The Balaban J connectivity index is 1.83. The third kappa shape index (κ3) is 7.25. The lowest BCUT2D eigenvalue weighted by Crippen LogP contribution is -2.28. The van der Waals surface area contributed by atoms with Crippen molar-refractivity contribution in [3.8, 4) is 0 Å². The van der Waals surface area contributed by atoms with Crippen LogP contribution in [0.25, 0.3) is 0 Å². The third-order valence-corrected chi connectivity index (χ3v) is 6.69. The van der Waals surface area contributed by atoms with Crippen LogP contribution in [0.5, 0.6) is 0 Å². The van der Waals surface area contributed by atoms with E-state index in [0.29, 0.717) is 17.8 Å². The molecule has 0 aliphatic carbocycles. The van der Waals surface area contributed by atoms with Gasteiger partial charge in [0.1, 0.15) is 17.4 Å². The third-order valence-electron chi connectivity index (χ3n) is 6.34. The molecule has 0 unspecified atom stereocenters. The number of anilines is 1. The number of carbonyl (C=O) groups is 3. The molecule has 2 N–H and O–H groups in total. The fraction of sp³-hybridized carbons (Fsp3) is 0.250. The first-order chi connectivity index (χ1) is 20.1. The number of aryl methyl sites for hydroxylation is 1. The Bertz CT molecular complexity index is 1720. The molecular formula is C28H24ClF5N6O3. The number of nitrogens with zero attached hydrogens (tertiary/aromatic N) is 4. The highest BCUT2D eigenvalue weighted by molar-refractivity contribution is 6.31. The van der Waals surface area contributed by atoms with Gasteiger partial charge in [0.15, 0.2) is 5.82 Å². The zero-order valence-corrected chi connectivity index (χ0v) is 23.6. The Hall–Kier alpha value is -4.59. The molecule has 2 aromatic heterocycles. The predicted molar refractivity (Wildman–Crippen MR) is 146 cm³/mol. The summed E-state index contributed by atoms with van der Waals surface area (Å²) in [6, 6.07) is 6.48. The number of ketones is 1. The zero-order valence-electron chi connectivity index (χ0n) is 22.9.